The summed E-state index contributed by atoms with van der Waals surface area (Å²) in [6, 6.07) is 7.36. The Hall–Kier alpha value is -2.90. The molecule has 296 valence electrons. The normalized spacial score (nSPS) is 42.5. The Morgan fingerprint density at radius 3 is 2.71 bits per heavy atom. The number of hydrogen-bond acceptors (Lipinski definition) is 7. The van der Waals surface area contributed by atoms with Crippen molar-refractivity contribution >= 4 is 11.9 Å². The number of esters is 2. The first-order chi connectivity index (χ1) is 26.5. The zero-order valence-corrected chi connectivity index (χ0v) is 34.2. The van der Waals surface area contributed by atoms with Crippen LogP contribution in [0, 0.1) is 58.2 Å². The summed E-state index contributed by atoms with van der Waals surface area (Å²) in [7, 11) is 0. The van der Waals surface area contributed by atoms with Crippen LogP contribution in [0.25, 0.3) is 0 Å². The molecule has 1 aromatic rings. The van der Waals surface area contributed by atoms with Gasteiger partial charge in [-0.2, -0.15) is 0 Å². The lowest BCUT2D eigenvalue weighted by atomic mass is 9.31. The molecule has 4 saturated heterocycles. The SMILES string of the molecule is CC(C)CCC(C)CC1C23C=C4CCC2(C(=CC2CCC5C6CC(CN(C6)C6=CCC(C)CC46)CN5C2C)OC3=O)C12OC(=O)c1c(CCCN)cccc12. The molecule has 0 amide bonds. The van der Waals surface area contributed by atoms with Crippen molar-refractivity contribution in [3.8, 4) is 0 Å². The molecule has 7 nitrogen and oxygen atoms in total. The van der Waals surface area contributed by atoms with E-state index in [0.717, 1.165) is 106 Å². The van der Waals surface area contributed by atoms with Crippen LogP contribution in [-0.4, -0.2) is 60.0 Å². The molecule has 0 radical (unpaired) electrons. The number of carbonyl (C=O) groups is 2. The number of rotatable bonds is 8. The molecule has 11 aliphatic heterocycles. The molecule has 5 fully saturated rings. The number of allylic oxidation sites excluding steroid dienone is 2. The summed E-state index contributed by atoms with van der Waals surface area (Å²) in [5.74, 6) is 3.80. The van der Waals surface area contributed by atoms with Gasteiger partial charge >= 0.3 is 11.9 Å². The second kappa shape index (κ2) is 13.1. The zero-order chi connectivity index (χ0) is 38.0. The Balaban J connectivity index is 1.21. The summed E-state index contributed by atoms with van der Waals surface area (Å²) in [6.45, 7) is 15.9. The standard InChI is InChI=1S/C48H65N3O4/c1-28(2)11-12-30(4)21-41-46-24-35-17-18-47(46,48(41)38-10-6-8-33(9-7-19-49)43(38)44(52)55-48)42(54-45(46)53)23-34-14-16-39-36-22-32(26-51(39)31(34)5)25-50(27-36)40-15-13-29(3)20-37(35)40/h6,8,10,15,23-24,28-32,34,36-37,39,41H,7,9,11-14,16-22,25-27,49H2,1-5H3. The van der Waals surface area contributed by atoms with E-state index in [-0.39, 0.29) is 23.8 Å². The molecule has 10 bridgehead atoms. The molecule has 0 aromatic heterocycles. The van der Waals surface area contributed by atoms with Crippen LogP contribution in [0.5, 0.6) is 0 Å². The predicted molar refractivity (Wildman–Crippen MR) is 214 cm³/mol. The van der Waals surface area contributed by atoms with Crippen LogP contribution in [0.2, 0.25) is 0 Å². The number of piperidine rings is 3. The summed E-state index contributed by atoms with van der Waals surface area (Å²) in [6.07, 6.45) is 19.6. The van der Waals surface area contributed by atoms with Crippen LogP contribution >= 0.6 is 0 Å². The Morgan fingerprint density at radius 1 is 1.04 bits per heavy atom. The monoisotopic (exact) mass is 747 g/mol. The maximum absolute atomic E-state index is 15.4. The van der Waals surface area contributed by atoms with E-state index in [0.29, 0.717) is 54.1 Å². The van der Waals surface area contributed by atoms with Crippen LogP contribution in [0.15, 0.2) is 53.5 Å². The highest BCUT2D eigenvalue weighted by molar-refractivity contribution is 5.99. The molecule has 15 rings (SSSR count). The van der Waals surface area contributed by atoms with E-state index in [1.807, 2.05) is 0 Å². The van der Waals surface area contributed by atoms with Crippen LogP contribution < -0.4 is 5.73 Å². The van der Waals surface area contributed by atoms with Crippen molar-refractivity contribution < 1.29 is 19.1 Å². The molecule has 14 aliphatic rings. The second-order valence-corrected chi connectivity index (χ2v) is 20.4. The van der Waals surface area contributed by atoms with Crippen molar-refractivity contribution in [1.29, 1.82) is 0 Å². The van der Waals surface area contributed by atoms with Crippen LogP contribution in [0.4, 0.5) is 0 Å². The molecule has 11 heterocycles. The van der Waals surface area contributed by atoms with Gasteiger partial charge in [0.05, 0.1) is 11.0 Å². The Bertz CT molecular complexity index is 1860. The van der Waals surface area contributed by atoms with E-state index in [4.69, 9.17) is 15.2 Å². The minimum absolute atomic E-state index is 0.101. The number of ether oxygens (including phenoxy) is 2. The summed E-state index contributed by atoms with van der Waals surface area (Å²) in [4.78, 5) is 35.7. The van der Waals surface area contributed by atoms with Gasteiger partial charge < -0.3 is 20.1 Å². The van der Waals surface area contributed by atoms with E-state index in [2.05, 4.69) is 80.8 Å². The quantitative estimate of drug-likeness (QED) is 0.211. The number of carbonyl (C=O) groups excluding carboxylic acids is 2. The maximum Gasteiger partial charge on any atom is 0.339 e. The lowest BCUT2D eigenvalue weighted by molar-refractivity contribution is -0.274. The molecule has 13 atom stereocenters. The fraction of sp³-hybridized carbons (Fsp3) is 0.708. The van der Waals surface area contributed by atoms with Gasteiger partial charge in [0.2, 0.25) is 0 Å². The molecular weight excluding hydrogens is 683 g/mol. The van der Waals surface area contributed by atoms with E-state index in [1.54, 1.807) is 0 Å². The topological polar surface area (TPSA) is 85.1 Å². The van der Waals surface area contributed by atoms with Crippen molar-refractivity contribution in [2.45, 2.75) is 129 Å². The first-order valence-corrected chi connectivity index (χ1v) is 22.4. The first kappa shape index (κ1) is 36.4. The fourth-order valence-electron chi connectivity index (χ4n) is 14.5. The number of nitrogens with zero attached hydrogens (tertiary/aromatic N) is 2. The Morgan fingerprint density at radius 2 is 1.89 bits per heavy atom. The third-order valence-electron chi connectivity index (χ3n) is 16.9. The van der Waals surface area contributed by atoms with Gasteiger partial charge in [-0.05, 0) is 125 Å². The predicted octanol–water partition coefficient (Wildman–Crippen LogP) is 8.53. The number of nitrogens with two attached hydrogens (primary N) is 1. The van der Waals surface area contributed by atoms with Crippen molar-refractivity contribution in [2.75, 3.05) is 26.2 Å². The van der Waals surface area contributed by atoms with Crippen LogP contribution in [0.1, 0.15) is 127 Å². The smallest absolute Gasteiger partial charge is 0.339 e. The van der Waals surface area contributed by atoms with Crippen molar-refractivity contribution in [3.63, 3.8) is 0 Å². The van der Waals surface area contributed by atoms with E-state index in [1.165, 1.54) is 24.1 Å². The minimum atomic E-state index is -0.960. The second-order valence-electron chi connectivity index (χ2n) is 20.4. The van der Waals surface area contributed by atoms with Gasteiger partial charge in [-0.3, -0.25) is 9.69 Å². The lowest BCUT2D eigenvalue weighted by Gasteiger charge is -2.69. The lowest BCUT2D eigenvalue weighted by Crippen LogP contribution is -2.75. The maximum atomic E-state index is 15.4. The van der Waals surface area contributed by atoms with Gasteiger partial charge in [0.1, 0.15) is 11.2 Å². The molecule has 3 aliphatic carbocycles. The third-order valence-corrected chi connectivity index (χ3v) is 16.9. The van der Waals surface area contributed by atoms with E-state index < -0.39 is 16.4 Å². The average molecular weight is 748 g/mol. The fourth-order valence-corrected chi connectivity index (χ4v) is 14.5. The molecule has 1 saturated carbocycles. The molecule has 7 heteroatoms. The van der Waals surface area contributed by atoms with Gasteiger partial charge in [-0.25, -0.2) is 4.79 Å². The van der Waals surface area contributed by atoms with Crippen molar-refractivity contribution in [1.82, 2.24) is 9.80 Å². The first-order valence-electron chi connectivity index (χ1n) is 22.4. The number of hydrogen-bond donors (Lipinski definition) is 1. The van der Waals surface area contributed by atoms with Gasteiger partial charge in [0.25, 0.3) is 0 Å². The van der Waals surface area contributed by atoms with Gasteiger partial charge in [-0.15, -0.1) is 0 Å². The highest BCUT2D eigenvalue weighted by atomic mass is 16.6. The zero-order valence-electron chi connectivity index (χ0n) is 34.2. The number of aryl methyl sites for hydroxylation is 1. The summed E-state index contributed by atoms with van der Waals surface area (Å²) >= 11 is 0. The van der Waals surface area contributed by atoms with Crippen LogP contribution in [-0.2, 0) is 26.3 Å². The van der Waals surface area contributed by atoms with Gasteiger partial charge in [0.15, 0.2) is 5.60 Å². The number of benzene rings is 1. The molecular formula is C48H65N3O4. The van der Waals surface area contributed by atoms with Crippen LogP contribution in [0.3, 0.4) is 0 Å². The Labute approximate surface area is 329 Å². The molecule has 55 heavy (non-hydrogen) atoms. The van der Waals surface area contributed by atoms with Gasteiger partial charge in [0, 0.05) is 54.8 Å². The minimum Gasteiger partial charge on any atom is -0.449 e. The molecule has 13 unspecified atom stereocenters. The summed E-state index contributed by atoms with van der Waals surface area (Å²) in [5, 5.41) is 0. The van der Waals surface area contributed by atoms with Gasteiger partial charge in [-0.1, -0.05) is 76.5 Å². The summed E-state index contributed by atoms with van der Waals surface area (Å²) in [5.41, 5.74) is 9.13. The van der Waals surface area contributed by atoms with Crippen molar-refractivity contribution in [2.24, 2.45) is 63.9 Å². The average Bonchev–Trinajstić information content (AvgIpc) is 3.61. The highest BCUT2D eigenvalue weighted by Gasteiger charge is 2.91. The summed E-state index contributed by atoms with van der Waals surface area (Å²) < 4.78 is 14.0. The number of fused-ring (bicyclic) bond motifs is 2. The molecule has 2 spiro atoms. The molecule has 1 aromatic carbocycles. The van der Waals surface area contributed by atoms with Crippen molar-refractivity contribution in [3.05, 3.63) is 70.1 Å². The van der Waals surface area contributed by atoms with E-state index >= 15 is 4.79 Å². The Kier molecular flexibility index (Phi) is 8.65. The largest absolute Gasteiger partial charge is 0.449 e. The third kappa shape index (κ3) is 4.93. The highest BCUT2D eigenvalue weighted by Crippen LogP contribution is 2.85. The van der Waals surface area contributed by atoms with E-state index in [9.17, 15) is 4.79 Å². The molecule has 2 N–H and O–H groups in total.